The maximum absolute atomic E-state index is 13.0. The lowest BCUT2D eigenvalue weighted by molar-refractivity contribution is -0.116. The first kappa shape index (κ1) is 11.3. The third-order valence-corrected chi connectivity index (χ3v) is 2.38. The van der Waals surface area contributed by atoms with E-state index in [2.05, 4.69) is 10.1 Å². The van der Waals surface area contributed by atoms with E-state index in [0.717, 1.165) is 6.20 Å². The van der Waals surface area contributed by atoms with Crippen LogP contribution in [0, 0.1) is 5.82 Å². The summed E-state index contributed by atoms with van der Waals surface area (Å²) in [4.78, 5) is 16.3. The van der Waals surface area contributed by atoms with E-state index in [0.29, 0.717) is 11.4 Å². The smallest absolute Gasteiger partial charge is 0.223 e. The van der Waals surface area contributed by atoms with Crippen LogP contribution in [0.15, 0.2) is 30.9 Å². The molecule has 0 aromatic carbocycles. The van der Waals surface area contributed by atoms with Gasteiger partial charge in [0.15, 0.2) is 0 Å². The molecule has 0 aliphatic rings. The van der Waals surface area contributed by atoms with Gasteiger partial charge in [-0.1, -0.05) is 0 Å². The number of nitrogens with zero attached hydrogens (tertiary/aromatic N) is 4. The number of hydrogen-bond acceptors (Lipinski definition) is 3. The van der Waals surface area contributed by atoms with Gasteiger partial charge in [-0.15, -0.1) is 0 Å². The zero-order valence-electron chi connectivity index (χ0n) is 9.46. The van der Waals surface area contributed by atoms with Crippen molar-refractivity contribution in [2.75, 3.05) is 11.9 Å². The van der Waals surface area contributed by atoms with E-state index >= 15 is 0 Å². The second-order valence-electron chi connectivity index (χ2n) is 3.58. The second kappa shape index (κ2) is 4.32. The summed E-state index contributed by atoms with van der Waals surface area (Å²) in [6, 6.07) is 1.32. The van der Waals surface area contributed by atoms with E-state index in [1.807, 2.05) is 0 Å². The summed E-state index contributed by atoms with van der Waals surface area (Å²) in [5.41, 5.74) is 1.15. The third-order valence-electron chi connectivity index (χ3n) is 2.38. The van der Waals surface area contributed by atoms with Crippen LogP contribution in [-0.2, 0) is 4.79 Å². The lowest BCUT2D eigenvalue weighted by atomic mass is 10.4. The molecule has 0 fully saturated rings. The van der Waals surface area contributed by atoms with E-state index < -0.39 is 5.82 Å². The number of carbonyl (C=O) groups excluding carboxylic acids is 1. The molecule has 0 spiro atoms. The van der Waals surface area contributed by atoms with Crippen molar-refractivity contribution >= 4 is 11.6 Å². The van der Waals surface area contributed by atoms with Gasteiger partial charge in [0, 0.05) is 20.0 Å². The Morgan fingerprint density at radius 2 is 2.18 bits per heavy atom. The minimum Gasteiger partial charge on any atom is -0.313 e. The Balaban J connectivity index is 2.33. The first-order chi connectivity index (χ1) is 8.08. The molecule has 0 saturated carbocycles. The number of carbonyl (C=O) groups is 1. The Bertz CT molecular complexity index is 552. The molecule has 0 saturated heterocycles. The van der Waals surface area contributed by atoms with Crippen LogP contribution in [0.5, 0.6) is 0 Å². The zero-order chi connectivity index (χ0) is 12.4. The average molecular weight is 234 g/mol. The van der Waals surface area contributed by atoms with E-state index in [9.17, 15) is 9.18 Å². The normalized spacial score (nSPS) is 10.3. The van der Waals surface area contributed by atoms with Crippen molar-refractivity contribution < 1.29 is 9.18 Å². The molecule has 0 atom stereocenters. The molecule has 0 radical (unpaired) electrons. The van der Waals surface area contributed by atoms with Crippen LogP contribution in [0.4, 0.5) is 10.1 Å². The topological polar surface area (TPSA) is 51.0 Å². The quantitative estimate of drug-likeness (QED) is 0.789. The van der Waals surface area contributed by atoms with E-state index in [-0.39, 0.29) is 5.91 Å². The highest BCUT2D eigenvalue weighted by Crippen LogP contribution is 2.14. The number of pyridine rings is 1. The van der Waals surface area contributed by atoms with E-state index in [4.69, 9.17) is 0 Å². The summed E-state index contributed by atoms with van der Waals surface area (Å²) in [6.45, 7) is 1.46. The maximum atomic E-state index is 13.0. The van der Waals surface area contributed by atoms with Gasteiger partial charge in [-0.2, -0.15) is 5.10 Å². The molecule has 17 heavy (non-hydrogen) atoms. The molecule has 6 heteroatoms. The van der Waals surface area contributed by atoms with Gasteiger partial charge in [-0.05, 0) is 0 Å². The van der Waals surface area contributed by atoms with Crippen LogP contribution in [0.2, 0.25) is 0 Å². The predicted octanol–water partition coefficient (Wildman–Crippen LogP) is 1.39. The van der Waals surface area contributed by atoms with Gasteiger partial charge in [0.25, 0.3) is 0 Å². The van der Waals surface area contributed by atoms with Crippen LogP contribution in [0.3, 0.4) is 0 Å². The molecule has 2 aromatic rings. The summed E-state index contributed by atoms with van der Waals surface area (Å²) in [5, 5.41) is 4.05. The number of amides is 1. The Morgan fingerprint density at radius 1 is 1.41 bits per heavy atom. The van der Waals surface area contributed by atoms with Crippen molar-refractivity contribution in [2.45, 2.75) is 6.92 Å². The number of anilines is 1. The van der Waals surface area contributed by atoms with Crippen LogP contribution in [-0.4, -0.2) is 27.7 Å². The Kier molecular flexibility index (Phi) is 2.86. The van der Waals surface area contributed by atoms with Gasteiger partial charge in [-0.3, -0.25) is 9.78 Å². The molecule has 0 N–H and O–H groups in total. The number of hydrogen-bond donors (Lipinski definition) is 0. The molecule has 0 unspecified atom stereocenters. The van der Waals surface area contributed by atoms with Crippen molar-refractivity contribution in [3.8, 4) is 5.69 Å². The molecule has 0 aliphatic carbocycles. The summed E-state index contributed by atoms with van der Waals surface area (Å²) < 4.78 is 14.4. The molecule has 5 nitrogen and oxygen atoms in total. The minimum atomic E-state index is -0.431. The van der Waals surface area contributed by atoms with Crippen LogP contribution < -0.4 is 4.90 Å². The van der Waals surface area contributed by atoms with Gasteiger partial charge < -0.3 is 4.90 Å². The van der Waals surface area contributed by atoms with Gasteiger partial charge in [0.2, 0.25) is 5.91 Å². The Labute approximate surface area is 97.5 Å². The van der Waals surface area contributed by atoms with Crippen molar-refractivity contribution in [2.24, 2.45) is 0 Å². The monoisotopic (exact) mass is 234 g/mol. The molecule has 88 valence electrons. The second-order valence-corrected chi connectivity index (χ2v) is 3.58. The van der Waals surface area contributed by atoms with Crippen molar-refractivity contribution in [1.29, 1.82) is 0 Å². The summed E-state index contributed by atoms with van der Waals surface area (Å²) in [6.07, 6.45) is 5.79. The summed E-state index contributed by atoms with van der Waals surface area (Å²) >= 11 is 0. The number of rotatable bonds is 2. The standard InChI is InChI=1S/C11H11FN4O/c1-8(17)15(2)11-6-14-16(7-11)10-3-9(12)4-13-5-10/h3-7H,1-2H3. The SMILES string of the molecule is CC(=O)N(C)c1cnn(-c2cncc(F)c2)c1. The lowest BCUT2D eigenvalue weighted by Gasteiger charge is -2.10. The van der Waals surface area contributed by atoms with Gasteiger partial charge in [0.05, 0.1) is 36.2 Å². The van der Waals surface area contributed by atoms with Crippen molar-refractivity contribution in [3.05, 3.63) is 36.7 Å². The molecule has 2 rings (SSSR count). The zero-order valence-corrected chi connectivity index (χ0v) is 9.46. The van der Waals surface area contributed by atoms with Gasteiger partial charge in [0.1, 0.15) is 5.82 Å². The van der Waals surface area contributed by atoms with Crippen molar-refractivity contribution in [1.82, 2.24) is 14.8 Å². The molecule has 1 amide bonds. The Morgan fingerprint density at radius 3 is 2.82 bits per heavy atom. The van der Waals surface area contributed by atoms with Crippen LogP contribution in [0.1, 0.15) is 6.92 Å². The maximum Gasteiger partial charge on any atom is 0.223 e. The number of halogens is 1. The lowest BCUT2D eigenvalue weighted by Crippen LogP contribution is -2.22. The van der Waals surface area contributed by atoms with Crippen LogP contribution in [0.25, 0.3) is 5.69 Å². The summed E-state index contributed by atoms with van der Waals surface area (Å²) in [7, 11) is 1.65. The van der Waals surface area contributed by atoms with Gasteiger partial charge in [-0.25, -0.2) is 9.07 Å². The van der Waals surface area contributed by atoms with Gasteiger partial charge >= 0.3 is 0 Å². The average Bonchev–Trinajstić information content (AvgIpc) is 2.77. The highest BCUT2D eigenvalue weighted by atomic mass is 19.1. The minimum absolute atomic E-state index is 0.0954. The third kappa shape index (κ3) is 2.30. The fourth-order valence-corrected chi connectivity index (χ4v) is 1.34. The Hall–Kier alpha value is -2.24. The number of aromatic nitrogens is 3. The molecule has 0 aliphatic heterocycles. The predicted molar refractivity (Wildman–Crippen MR) is 60.4 cm³/mol. The first-order valence-electron chi connectivity index (χ1n) is 4.98. The fourth-order valence-electron chi connectivity index (χ4n) is 1.34. The van der Waals surface area contributed by atoms with Crippen molar-refractivity contribution in [3.63, 3.8) is 0 Å². The highest BCUT2D eigenvalue weighted by Gasteiger charge is 2.09. The molecule has 2 aromatic heterocycles. The highest BCUT2D eigenvalue weighted by molar-refractivity contribution is 5.90. The molecular formula is C11H11FN4O. The van der Waals surface area contributed by atoms with Crippen LogP contribution >= 0.6 is 0 Å². The van der Waals surface area contributed by atoms with E-state index in [1.165, 1.54) is 35.0 Å². The van der Waals surface area contributed by atoms with E-state index in [1.54, 1.807) is 13.2 Å². The molecule has 2 heterocycles. The molecular weight excluding hydrogens is 223 g/mol. The summed E-state index contributed by atoms with van der Waals surface area (Å²) in [5.74, 6) is -0.526. The fraction of sp³-hybridized carbons (Fsp3) is 0.182. The molecule has 0 bridgehead atoms. The largest absolute Gasteiger partial charge is 0.313 e. The first-order valence-corrected chi connectivity index (χ1v) is 4.98.